The maximum Gasteiger partial charge on any atom is 0.338 e. The van der Waals surface area contributed by atoms with Crippen molar-refractivity contribution in [3.05, 3.63) is 54.1 Å². The van der Waals surface area contributed by atoms with Crippen molar-refractivity contribution in [2.75, 3.05) is 37.0 Å². The van der Waals surface area contributed by atoms with Crippen LogP contribution >= 0.6 is 0 Å². The van der Waals surface area contributed by atoms with Gasteiger partial charge in [-0.15, -0.1) is 0 Å². The number of esters is 1. The fourth-order valence-electron chi connectivity index (χ4n) is 3.22. The van der Waals surface area contributed by atoms with Gasteiger partial charge in [-0.3, -0.25) is 4.79 Å². The number of hydrogen-bond donors (Lipinski definition) is 1. The number of carbonyl (C=O) groups is 2. The molecule has 0 spiro atoms. The average Bonchev–Trinajstić information content (AvgIpc) is 3.02. The largest absolute Gasteiger partial charge is 0.497 e. The SMILES string of the molecule is COc1ccc(C(=O)OCC(=O)Nc2ccc(N3CCCCCC3)cc2)cc1. The van der Waals surface area contributed by atoms with Crippen molar-refractivity contribution < 1.29 is 19.1 Å². The summed E-state index contributed by atoms with van der Waals surface area (Å²) in [6.07, 6.45) is 5.02. The standard InChI is InChI=1S/C22H26N2O4/c1-27-20-12-6-17(7-13-20)22(26)28-16-21(25)23-18-8-10-19(11-9-18)24-14-4-2-3-5-15-24/h6-13H,2-5,14-16H2,1H3,(H,23,25). The molecule has 3 rings (SSSR count). The molecule has 1 fully saturated rings. The fraction of sp³-hybridized carbons (Fsp3) is 0.364. The second kappa shape index (κ2) is 9.78. The van der Waals surface area contributed by atoms with E-state index in [0.717, 1.165) is 13.1 Å². The maximum absolute atomic E-state index is 12.1. The van der Waals surface area contributed by atoms with Gasteiger partial charge in [-0.2, -0.15) is 0 Å². The van der Waals surface area contributed by atoms with Crippen LogP contribution in [0.15, 0.2) is 48.5 Å². The second-order valence-electron chi connectivity index (χ2n) is 6.80. The van der Waals surface area contributed by atoms with E-state index in [0.29, 0.717) is 17.0 Å². The number of ether oxygens (including phenoxy) is 2. The van der Waals surface area contributed by atoms with E-state index in [4.69, 9.17) is 9.47 Å². The molecule has 0 aromatic heterocycles. The number of methoxy groups -OCH3 is 1. The monoisotopic (exact) mass is 382 g/mol. The first-order valence-corrected chi connectivity index (χ1v) is 9.62. The van der Waals surface area contributed by atoms with Gasteiger partial charge in [0.05, 0.1) is 12.7 Å². The van der Waals surface area contributed by atoms with E-state index < -0.39 is 5.97 Å². The Bertz CT molecular complexity index is 779. The minimum Gasteiger partial charge on any atom is -0.497 e. The first-order valence-electron chi connectivity index (χ1n) is 9.62. The van der Waals surface area contributed by atoms with E-state index in [1.807, 2.05) is 24.3 Å². The Kier molecular flexibility index (Phi) is 6.89. The van der Waals surface area contributed by atoms with Crippen LogP contribution in [0.2, 0.25) is 0 Å². The summed E-state index contributed by atoms with van der Waals surface area (Å²) >= 11 is 0. The summed E-state index contributed by atoms with van der Waals surface area (Å²) in [5.74, 6) is -0.267. The quantitative estimate of drug-likeness (QED) is 0.768. The molecule has 28 heavy (non-hydrogen) atoms. The zero-order valence-corrected chi connectivity index (χ0v) is 16.1. The molecule has 1 heterocycles. The van der Waals surface area contributed by atoms with Crippen molar-refractivity contribution in [2.24, 2.45) is 0 Å². The summed E-state index contributed by atoms with van der Waals surface area (Å²) < 4.78 is 10.1. The molecule has 0 radical (unpaired) electrons. The molecule has 0 atom stereocenters. The third kappa shape index (κ3) is 5.49. The normalized spacial score (nSPS) is 14.1. The maximum atomic E-state index is 12.1. The summed E-state index contributed by atoms with van der Waals surface area (Å²) in [5, 5.41) is 2.75. The van der Waals surface area contributed by atoms with Crippen LogP contribution in [0.1, 0.15) is 36.0 Å². The molecule has 0 aliphatic carbocycles. The van der Waals surface area contributed by atoms with E-state index in [1.54, 1.807) is 31.4 Å². The van der Waals surface area contributed by atoms with Crippen LogP contribution in [-0.4, -0.2) is 38.7 Å². The fourth-order valence-corrected chi connectivity index (χ4v) is 3.22. The van der Waals surface area contributed by atoms with E-state index in [2.05, 4.69) is 10.2 Å². The molecule has 0 bridgehead atoms. The number of nitrogens with one attached hydrogen (secondary N) is 1. The number of benzene rings is 2. The van der Waals surface area contributed by atoms with Crippen LogP contribution < -0.4 is 15.0 Å². The zero-order valence-electron chi connectivity index (χ0n) is 16.1. The van der Waals surface area contributed by atoms with Gasteiger partial charge in [0.25, 0.3) is 5.91 Å². The van der Waals surface area contributed by atoms with Gasteiger partial charge in [0.1, 0.15) is 5.75 Å². The number of rotatable bonds is 6. The Labute approximate surface area is 165 Å². The molecule has 1 N–H and O–H groups in total. The summed E-state index contributed by atoms with van der Waals surface area (Å²) in [5.41, 5.74) is 2.23. The highest BCUT2D eigenvalue weighted by molar-refractivity contribution is 5.95. The van der Waals surface area contributed by atoms with Crippen LogP contribution in [0, 0.1) is 0 Å². The first-order chi connectivity index (χ1) is 13.7. The van der Waals surface area contributed by atoms with Crippen LogP contribution in [0.4, 0.5) is 11.4 Å². The molecule has 0 unspecified atom stereocenters. The van der Waals surface area contributed by atoms with Crippen LogP contribution in [0.3, 0.4) is 0 Å². The van der Waals surface area contributed by atoms with Gasteiger partial charge in [-0.25, -0.2) is 4.79 Å². The number of anilines is 2. The van der Waals surface area contributed by atoms with Gasteiger partial charge in [0.2, 0.25) is 0 Å². The van der Waals surface area contributed by atoms with Crippen LogP contribution in [0.25, 0.3) is 0 Å². The molecule has 2 aromatic rings. The highest BCUT2D eigenvalue weighted by Gasteiger charge is 2.12. The van der Waals surface area contributed by atoms with Crippen molar-refractivity contribution >= 4 is 23.3 Å². The van der Waals surface area contributed by atoms with E-state index >= 15 is 0 Å². The summed E-state index contributed by atoms with van der Waals surface area (Å²) in [7, 11) is 1.55. The molecule has 1 aliphatic rings. The van der Waals surface area contributed by atoms with Gasteiger partial charge in [0.15, 0.2) is 6.61 Å². The van der Waals surface area contributed by atoms with Gasteiger partial charge in [-0.05, 0) is 61.4 Å². The first kappa shape index (κ1) is 19.7. The van der Waals surface area contributed by atoms with Gasteiger partial charge in [0, 0.05) is 24.5 Å². The van der Waals surface area contributed by atoms with Gasteiger partial charge < -0.3 is 19.7 Å². The van der Waals surface area contributed by atoms with Gasteiger partial charge >= 0.3 is 5.97 Å². The van der Waals surface area contributed by atoms with Crippen molar-refractivity contribution in [1.29, 1.82) is 0 Å². The van der Waals surface area contributed by atoms with Crippen molar-refractivity contribution in [3.63, 3.8) is 0 Å². The summed E-state index contributed by atoms with van der Waals surface area (Å²) in [4.78, 5) is 26.4. The van der Waals surface area contributed by atoms with Crippen molar-refractivity contribution in [2.45, 2.75) is 25.7 Å². The molecule has 2 aromatic carbocycles. The zero-order chi connectivity index (χ0) is 19.8. The minimum atomic E-state index is -0.547. The minimum absolute atomic E-state index is 0.335. The van der Waals surface area contributed by atoms with E-state index in [-0.39, 0.29) is 12.5 Å². The highest BCUT2D eigenvalue weighted by Crippen LogP contribution is 2.21. The van der Waals surface area contributed by atoms with Gasteiger partial charge in [-0.1, -0.05) is 12.8 Å². The van der Waals surface area contributed by atoms with E-state index in [1.165, 1.54) is 31.4 Å². The summed E-state index contributed by atoms with van der Waals surface area (Å²) in [6.45, 7) is 1.82. The van der Waals surface area contributed by atoms with Crippen LogP contribution in [-0.2, 0) is 9.53 Å². The Morgan fingerprint density at radius 2 is 1.57 bits per heavy atom. The van der Waals surface area contributed by atoms with Crippen molar-refractivity contribution in [3.8, 4) is 5.75 Å². The third-order valence-electron chi connectivity index (χ3n) is 4.78. The Morgan fingerprint density at radius 3 is 2.18 bits per heavy atom. The molecule has 1 amide bonds. The molecular formula is C22H26N2O4. The van der Waals surface area contributed by atoms with Crippen molar-refractivity contribution in [1.82, 2.24) is 0 Å². The molecule has 6 heteroatoms. The summed E-state index contributed by atoms with van der Waals surface area (Å²) in [6, 6.07) is 14.3. The molecule has 1 saturated heterocycles. The predicted molar refractivity (Wildman–Crippen MR) is 109 cm³/mol. The number of nitrogens with zero attached hydrogens (tertiary/aromatic N) is 1. The Hall–Kier alpha value is -3.02. The second-order valence-corrected chi connectivity index (χ2v) is 6.80. The lowest BCUT2D eigenvalue weighted by molar-refractivity contribution is -0.119. The smallest absolute Gasteiger partial charge is 0.338 e. The Morgan fingerprint density at radius 1 is 0.929 bits per heavy atom. The number of hydrogen-bond acceptors (Lipinski definition) is 5. The third-order valence-corrected chi connectivity index (χ3v) is 4.78. The highest BCUT2D eigenvalue weighted by atomic mass is 16.5. The average molecular weight is 382 g/mol. The Balaban J connectivity index is 1.48. The number of carbonyl (C=O) groups excluding carboxylic acids is 2. The lowest BCUT2D eigenvalue weighted by Gasteiger charge is -2.22. The number of amides is 1. The lowest BCUT2D eigenvalue weighted by atomic mass is 10.2. The van der Waals surface area contributed by atoms with E-state index in [9.17, 15) is 9.59 Å². The molecule has 1 aliphatic heterocycles. The molecule has 6 nitrogen and oxygen atoms in total. The topological polar surface area (TPSA) is 67.9 Å². The predicted octanol–water partition coefficient (Wildman–Crippen LogP) is 3.87. The lowest BCUT2D eigenvalue weighted by Crippen LogP contribution is -2.24. The molecule has 148 valence electrons. The van der Waals surface area contributed by atoms with Crippen LogP contribution in [0.5, 0.6) is 5.75 Å². The molecule has 0 saturated carbocycles. The molecular weight excluding hydrogens is 356 g/mol.